The van der Waals surface area contributed by atoms with Gasteiger partial charge in [0.2, 0.25) is 5.91 Å². The van der Waals surface area contributed by atoms with Gasteiger partial charge < -0.3 is 9.64 Å². The first-order chi connectivity index (χ1) is 18.5. The Hall–Kier alpha value is -3.69. The van der Waals surface area contributed by atoms with Crippen LogP contribution in [0, 0.1) is 18.7 Å². The van der Waals surface area contributed by atoms with E-state index in [1.54, 1.807) is 44.3 Å². The minimum Gasteiger partial charge on any atom is -0.497 e. The fourth-order valence-corrected chi connectivity index (χ4v) is 5.20. The number of ketones is 1. The lowest BCUT2D eigenvalue weighted by Gasteiger charge is -2.24. The largest absolute Gasteiger partial charge is 0.497 e. The van der Waals surface area contributed by atoms with E-state index in [-0.39, 0.29) is 37.3 Å². The molecule has 3 aromatic rings. The first-order valence-corrected chi connectivity index (χ1v) is 12.8. The molecular formula is C29H31F4N3O3. The minimum absolute atomic E-state index is 0.0919. The summed E-state index contributed by atoms with van der Waals surface area (Å²) in [6.45, 7) is 1.37. The van der Waals surface area contributed by atoms with Crippen LogP contribution in [0.4, 0.5) is 23.2 Å². The number of benzene rings is 2. The molecule has 10 heteroatoms. The smallest absolute Gasteiger partial charge is 0.435 e. The van der Waals surface area contributed by atoms with Crippen LogP contribution in [-0.2, 0) is 41.6 Å². The van der Waals surface area contributed by atoms with Crippen molar-refractivity contribution in [1.82, 2.24) is 9.78 Å². The van der Waals surface area contributed by atoms with E-state index in [0.717, 1.165) is 11.1 Å². The molecular weight excluding hydrogens is 514 g/mol. The topological polar surface area (TPSA) is 64.4 Å². The molecule has 4 rings (SSSR count). The number of hydrogen-bond acceptors (Lipinski definition) is 4. The average Bonchev–Trinajstić information content (AvgIpc) is 3.26. The van der Waals surface area contributed by atoms with Crippen LogP contribution in [0.1, 0.15) is 47.3 Å². The summed E-state index contributed by atoms with van der Waals surface area (Å²) in [6.07, 6.45) is -2.71. The zero-order valence-corrected chi connectivity index (χ0v) is 22.1. The van der Waals surface area contributed by atoms with E-state index in [1.807, 2.05) is 0 Å². The molecule has 0 saturated carbocycles. The summed E-state index contributed by atoms with van der Waals surface area (Å²) in [5.74, 6) is -1.49. The van der Waals surface area contributed by atoms with Gasteiger partial charge in [0, 0.05) is 36.3 Å². The Morgan fingerprint density at radius 2 is 1.79 bits per heavy atom. The summed E-state index contributed by atoms with van der Waals surface area (Å²) in [4.78, 5) is 28.3. The molecule has 208 valence electrons. The van der Waals surface area contributed by atoms with Crippen LogP contribution in [0.5, 0.6) is 5.75 Å². The van der Waals surface area contributed by atoms with Gasteiger partial charge in [-0.25, -0.2) is 4.39 Å². The van der Waals surface area contributed by atoms with Crippen molar-refractivity contribution in [3.05, 3.63) is 76.4 Å². The minimum atomic E-state index is -4.61. The lowest BCUT2D eigenvalue weighted by Crippen LogP contribution is -2.35. The molecule has 0 bridgehead atoms. The molecule has 1 aromatic heterocycles. The van der Waals surface area contributed by atoms with E-state index >= 15 is 0 Å². The van der Waals surface area contributed by atoms with Crippen molar-refractivity contribution >= 4 is 17.4 Å². The number of rotatable bonds is 9. The summed E-state index contributed by atoms with van der Waals surface area (Å²) in [7, 11) is 3.11. The van der Waals surface area contributed by atoms with E-state index in [0.29, 0.717) is 41.1 Å². The number of methoxy groups -OCH3 is 1. The van der Waals surface area contributed by atoms with Crippen LogP contribution in [0.3, 0.4) is 0 Å². The third kappa shape index (κ3) is 6.66. The van der Waals surface area contributed by atoms with E-state index in [2.05, 4.69) is 5.10 Å². The quantitative estimate of drug-likeness (QED) is 0.323. The fraction of sp³-hybridized carbons (Fsp3) is 0.414. The Morgan fingerprint density at radius 1 is 1.10 bits per heavy atom. The molecule has 0 radical (unpaired) electrons. The second kappa shape index (κ2) is 11.6. The highest BCUT2D eigenvalue weighted by atomic mass is 19.4. The third-order valence-electron chi connectivity index (χ3n) is 7.05. The second-order valence-electron chi connectivity index (χ2n) is 10.0. The normalized spacial score (nSPS) is 14.0. The van der Waals surface area contributed by atoms with Crippen molar-refractivity contribution in [2.24, 2.45) is 5.92 Å². The molecule has 0 spiro atoms. The van der Waals surface area contributed by atoms with Crippen molar-refractivity contribution in [3.63, 3.8) is 0 Å². The van der Waals surface area contributed by atoms with Crippen molar-refractivity contribution in [1.29, 1.82) is 0 Å². The van der Waals surface area contributed by atoms with Crippen LogP contribution < -0.4 is 9.64 Å². The number of hydrogen-bond donors (Lipinski definition) is 0. The zero-order chi connectivity index (χ0) is 28.3. The van der Waals surface area contributed by atoms with Crippen LogP contribution in [0.15, 0.2) is 42.5 Å². The van der Waals surface area contributed by atoms with Gasteiger partial charge in [0.05, 0.1) is 13.7 Å². The van der Waals surface area contributed by atoms with Gasteiger partial charge in [-0.15, -0.1) is 0 Å². The lowest BCUT2D eigenvalue weighted by atomic mass is 9.91. The van der Waals surface area contributed by atoms with Gasteiger partial charge in [-0.05, 0) is 86.6 Å². The molecule has 2 aromatic carbocycles. The highest BCUT2D eigenvalue weighted by Gasteiger charge is 2.40. The Balaban J connectivity index is 1.59. The third-order valence-corrected chi connectivity index (χ3v) is 7.05. The first kappa shape index (κ1) is 28.3. The van der Waals surface area contributed by atoms with Crippen molar-refractivity contribution in [2.45, 2.75) is 58.2 Å². The molecule has 1 aliphatic carbocycles. The number of aromatic nitrogens is 2. The van der Waals surface area contributed by atoms with Gasteiger partial charge in [0.1, 0.15) is 11.6 Å². The SMILES string of the molecule is COc1ccc(N(C)C(=O)[C@@H](CC(=O)Cn2nc(C(F)(F)F)c3c2CCCC3)Cc2cc(C)cc(F)c2)cc1. The van der Waals surface area contributed by atoms with Crippen LogP contribution in [0.25, 0.3) is 0 Å². The summed E-state index contributed by atoms with van der Waals surface area (Å²) < 4.78 is 61.2. The maximum atomic E-state index is 14.1. The number of halogens is 4. The number of carbonyl (C=O) groups is 2. The number of anilines is 1. The summed E-state index contributed by atoms with van der Waals surface area (Å²) in [5, 5.41) is 3.78. The van der Waals surface area contributed by atoms with E-state index in [9.17, 15) is 27.2 Å². The van der Waals surface area contributed by atoms with E-state index in [4.69, 9.17) is 4.74 Å². The monoisotopic (exact) mass is 545 g/mol. The summed E-state index contributed by atoms with van der Waals surface area (Å²) in [5.41, 5.74) is 1.45. The average molecular weight is 546 g/mol. The van der Waals surface area contributed by atoms with Crippen LogP contribution in [-0.4, -0.2) is 35.6 Å². The molecule has 0 unspecified atom stereocenters. The molecule has 1 heterocycles. The van der Waals surface area contributed by atoms with Gasteiger partial charge >= 0.3 is 6.18 Å². The molecule has 0 N–H and O–H groups in total. The lowest BCUT2D eigenvalue weighted by molar-refractivity contribution is -0.142. The van der Waals surface area contributed by atoms with Crippen LogP contribution >= 0.6 is 0 Å². The second-order valence-corrected chi connectivity index (χ2v) is 10.0. The first-order valence-electron chi connectivity index (χ1n) is 12.8. The van der Waals surface area contributed by atoms with Gasteiger partial charge in [-0.1, -0.05) is 6.07 Å². The Labute approximate surface area is 224 Å². The van der Waals surface area contributed by atoms with Gasteiger partial charge in [0.25, 0.3) is 0 Å². The van der Waals surface area contributed by atoms with Crippen LogP contribution in [0.2, 0.25) is 0 Å². The summed E-state index contributed by atoms with van der Waals surface area (Å²) in [6, 6.07) is 11.3. The van der Waals surface area contributed by atoms with Crippen molar-refractivity contribution < 1.29 is 31.9 Å². The Kier molecular flexibility index (Phi) is 8.42. The van der Waals surface area contributed by atoms with Gasteiger partial charge in [0.15, 0.2) is 11.5 Å². The molecule has 0 aliphatic heterocycles. The highest BCUT2D eigenvalue weighted by molar-refractivity contribution is 5.97. The number of nitrogens with zero attached hydrogens (tertiary/aromatic N) is 3. The molecule has 39 heavy (non-hydrogen) atoms. The van der Waals surface area contributed by atoms with Crippen molar-refractivity contribution in [2.75, 3.05) is 19.1 Å². The Morgan fingerprint density at radius 3 is 2.44 bits per heavy atom. The van der Waals surface area contributed by atoms with Gasteiger partial charge in [-0.2, -0.15) is 18.3 Å². The number of Topliss-reactive ketones (excluding diaryl/α,β-unsaturated/α-hetero) is 1. The molecule has 0 fully saturated rings. The van der Waals surface area contributed by atoms with Crippen molar-refractivity contribution in [3.8, 4) is 5.75 Å². The predicted octanol–water partition coefficient (Wildman–Crippen LogP) is 5.72. The highest BCUT2D eigenvalue weighted by Crippen LogP contribution is 2.36. The summed E-state index contributed by atoms with van der Waals surface area (Å²) >= 11 is 0. The number of amides is 1. The number of carbonyl (C=O) groups excluding carboxylic acids is 2. The predicted molar refractivity (Wildman–Crippen MR) is 138 cm³/mol. The number of alkyl halides is 3. The molecule has 1 aliphatic rings. The maximum absolute atomic E-state index is 14.1. The number of fused-ring (bicyclic) bond motifs is 1. The number of ether oxygens (including phenoxy) is 1. The number of aryl methyl sites for hydroxylation is 1. The fourth-order valence-electron chi connectivity index (χ4n) is 5.20. The Bertz CT molecular complexity index is 1330. The molecule has 1 atom stereocenters. The molecule has 6 nitrogen and oxygen atoms in total. The maximum Gasteiger partial charge on any atom is 0.435 e. The van der Waals surface area contributed by atoms with Gasteiger partial charge in [-0.3, -0.25) is 14.3 Å². The molecule has 0 saturated heterocycles. The molecule has 1 amide bonds. The van der Waals surface area contributed by atoms with E-state index in [1.165, 1.54) is 24.1 Å². The standard InChI is InChI=1S/C29H31F4N3O3/c1-18-12-19(15-21(30)13-18)14-20(28(38)35(2)22-8-10-24(39-3)11-9-22)16-23(37)17-36-26-7-5-4-6-25(26)27(34-36)29(31,32)33/h8-13,15,20H,4-7,14,16-17H2,1-3H3/t20-/m1/s1. The zero-order valence-electron chi connectivity index (χ0n) is 22.1. The van der Waals surface area contributed by atoms with E-state index < -0.39 is 29.4 Å².